The van der Waals surface area contributed by atoms with E-state index in [0.29, 0.717) is 6.54 Å². The summed E-state index contributed by atoms with van der Waals surface area (Å²) in [6.45, 7) is 4.52. The van der Waals surface area contributed by atoms with Crippen molar-refractivity contribution in [1.82, 2.24) is 9.78 Å². The van der Waals surface area contributed by atoms with Crippen LogP contribution in [-0.2, 0) is 11.8 Å². The molecule has 5 heteroatoms. The summed E-state index contributed by atoms with van der Waals surface area (Å²) in [5.74, 6) is -0.119. The van der Waals surface area contributed by atoms with Gasteiger partial charge in [0.05, 0.1) is 6.20 Å². The van der Waals surface area contributed by atoms with Gasteiger partial charge in [0.2, 0.25) is 5.91 Å². The zero-order valence-corrected chi connectivity index (χ0v) is 12.1. The summed E-state index contributed by atoms with van der Waals surface area (Å²) in [6, 6.07) is 7.16. The number of hydrogen-bond donors (Lipinski definition) is 1. The first-order valence-corrected chi connectivity index (χ1v) is 6.65. The molecule has 0 radical (unpaired) electrons. The number of carbonyl (C=O) groups is 1. The molecule has 2 aromatic rings. The second kappa shape index (κ2) is 5.88. The Morgan fingerprint density at radius 3 is 2.80 bits per heavy atom. The highest BCUT2D eigenvalue weighted by Gasteiger charge is 2.23. The van der Waals surface area contributed by atoms with Crippen LogP contribution >= 0.6 is 0 Å². The average Bonchev–Trinajstić information content (AvgIpc) is 2.85. The van der Waals surface area contributed by atoms with E-state index in [0.717, 1.165) is 16.8 Å². The van der Waals surface area contributed by atoms with Crippen LogP contribution < -0.4 is 10.6 Å². The molecule has 0 spiro atoms. The minimum Gasteiger partial charge on any atom is -0.316 e. The molecule has 0 aliphatic carbocycles. The highest BCUT2D eigenvalue weighted by molar-refractivity contribution is 5.97. The molecule has 1 heterocycles. The third-order valence-electron chi connectivity index (χ3n) is 3.25. The highest BCUT2D eigenvalue weighted by atomic mass is 16.2. The fourth-order valence-electron chi connectivity index (χ4n) is 2.17. The van der Waals surface area contributed by atoms with Crippen molar-refractivity contribution in [3.8, 4) is 0 Å². The summed E-state index contributed by atoms with van der Waals surface area (Å²) in [6.07, 6.45) is 3.40. The molecule has 1 unspecified atom stereocenters. The number of anilines is 1. The molecule has 0 fully saturated rings. The first-order chi connectivity index (χ1) is 9.52. The highest BCUT2D eigenvalue weighted by Crippen LogP contribution is 2.20. The summed E-state index contributed by atoms with van der Waals surface area (Å²) in [4.78, 5) is 14.3. The standard InChI is InChI=1S/C15H20N4O/c1-4-19(13-7-5-6-11(2)8-13)15(20)14(16)12-9-17-18(3)10-12/h5-10,14H,4,16H2,1-3H3. The zero-order valence-electron chi connectivity index (χ0n) is 12.1. The van der Waals surface area contributed by atoms with E-state index < -0.39 is 6.04 Å². The molecule has 1 aromatic carbocycles. The van der Waals surface area contributed by atoms with E-state index in [1.165, 1.54) is 0 Å². The molecular weight excluding hydrogens is 252 g/mol. The Kier molecular flexibility index (Phi) is 4.20. The van der Waals surface area contributed by atoms with E-state index in [9.17, 15) is 4.79 Å². The lowest BCUT2D eigenvalue weighted by molar-refractivity contribution is -0.119. The Morgan fingerprint density at radius 2 is 2.25 bits per heavy atom. The van der Waals surface area contributed by atoms with Gasteiger partial charge >= 0.3 is 0 Å². The molecule has 0 saturated carbocycles. The molecule has 2 rings (SSSR count). The zero-order chi connectivity index (χ0) is 14.7. The van der Waals surface area contributed by atoms with Crippen molar-refractivity contribution in [2.45, 2.75) is 19.9 Å². The number of aromatic nitrogens is 2. The number of likely N-dealkylation sites (N-methyl/N-ethyl adjacent to an activating group) is 1. The summed E-state index contributed by atoms with van der Waals surface area (Å²) in [7, 11) is 1.80. The van der Waals surface area contributed by atoms with E-state index in [2.05, 4.69) is 5.10 Å². The monoisotopic (exact) mass is 272 g/mol. The third kappa shape index (κ3) is 2.88. The van der Waals surface area contributed by atoms with E-state index in [1.807, 2.05) is 38.1 Å². The van der Waals surface area contributed by atoms with Crippen LogP contribution in [0.25, 0.3) is 0 Å². The molecule has 1 atom stereocenters. The van der Waals surface area contributed by atoms with Gasteiger partial charge in [0.25, 0.3) is 0 Å². The van der Waals surface area contributed by atoms with E-state index in [1.54, 1.807) is 29.0 Å². The molecule has 106 valence electrons. The number of nitrogens with zero attached hydrogens (tertiary/aromatic N) is 3. The predicted molar refractivity (Wildman–Crippen MR) is 79.3 cm³/mol. The normalized spacial score (nSPS) is 12.2. The number of aryl methyl sites for hydroxylation is 2. The number of nitrogens with two attached hydrogens (primary N) is 1. The van der Waals surface area contributed by atoms with Crippen LogP contribution in [0.1, 0.15) is 24.1 Å². The lowest BCUT2D eigenvalue weighted by Crippen LogP contribution is -2.38. The average molecular weight is 272 g/mol. The second-order valence-corrected chi connectivity index (χ2v) is 4.85. The van der Waals surface area contributed by atoms with Gasteiger partial charge in [0.15, 0.2) is 0 Å². The Morgan fingerprint density at radius 1 is 1.50 bits per heavy atom. The third-order valence-corrected chi connectivity index (χ3v) is 3.25. The van der Waals surface area contributed by atoms with Crippen molar-refractivity contribution >= 4 is 11.6 Å². The van der Waals surface area contributed by atoms with Gasteiger partial charge in [-0.2, -0.15) is 5.10 Å². The minimum absolute atomic E-state index is 0.119. The van der Waals surface area contributed by atoms with Gasteiger partial charge in [-0.3, -0.25) is 9.48 Å². The van der Waals surface area contributed by atoms with Crippen molar-refractivity contribution in [2.24, 2.45) is 12.8 Å². The van der Waals surface area contributed by atoms with Gasteiger partial charge in [0, 0.05) is 31.0 Å². The molecule has 20 heavy (non-hydrogen) atoms. The van der Waals surface area contributed by atoms with Gasteiger partial charge in [-0.1, -0.05) is 12.1 Å². The SMILES string of the molecule is CCN(C(=O)C(N)c1cnn(C)c1)c1cccc(C)c1. The number of hydrogen-bond acceptors (Lipinski definition) is 3. The minimum atomic E-state index is -0.691. The number of rotatable bonds is 4. The Bertz CT molecular complexity index is 605. The summed E-state index contributed by atoms with van der Waals surface area (Å²) in [5.41, 5.74) is 8.77. The molecular formula is C15H20N4O. The molecule has 0 aliphatic heterocycles. The number of amides is 1. The van der Waals surface area contributed by atoms with Crippen LogP contribution in [0.15, 0.2) is 36.7 Å². The van der Waals surface area contributed by atoms with Crippen molar-refractivity contribution in [2.75, 3.05) is 11.4 Å². The molecule has 1 amide bonds. The van der Waals surface area contributed by atoms with Crippen molar-refractivity contribution in [3.63, 3.8) is 0 Å². The van der Waals surface area contributed by atoms with E-state index in [4.69, 9.17) is 5.73 Å². The second-order valence-electron chi connectivity index (χ2n) is 4.85. The van der Waals surface area contributed by atoms with Crippen LogP contribution in [0.5, 0.6) is 0 Å². The first-order valence-electron chi connectivity index (χ1n) is 6.65. The van der Waals surface area contributed by atoms with E-state index >= 15 is 0 Å². The van der Waals surface area contributed by atoms with Gasteiger partial charge in [-0.05, 0) is 31.5 Å². The van der Waals surface area contributed by atoms with Crippen molar-refractivity contribution in [3.05, 3.63) is 47.8 Å². The van der Waals surface area contributed by atoms with Gasteiger partial charge in [-0.25, -0.2) is 0 Å². The predicted octanol–water partition coefficient (Wildman–Crippen LogP) is 1.78. The Labute approximate surface area is 119 Å². The van der Waals surface area contributed by atoms with Crippen molar-refractivity contribution < 1.29 is 4.79 Å². The van der Waals surface area contributed by atoms with Crippen molar-refractivity contribution in [1.29, 1.82) is 0 Å². The Balaban J connectivity index is 2.25. The maximum atomic E-state index is 12.6. The van der Waals surface area contributed by atoms with Crippen LogP contribution in [-0.4, -0.2) is 22.2 Å². The van der Waals surface area contributed by atoms with Crippen LogP contribution in [0.4, 0.5) is 5.69 Å². The number of carbonyl (C=O) groups excluding carboxylic acids is 1. The van der Waals surface area contributed by atoms with Gasteiger partial charge in [0.1, 0.15) is 6.04 Å². The first kappa shape index (κ1) is 14.3. The maximum absolute atomic E-state index is 12.6. The van der Waals surface area contributed by atoms with Gasteiger partial charge < -0.3 is 10.6 Å². The lowest BCUT2D eigenvalue weighted by atomic mass is 10.1. The summed E-state index contributed by atoms with van der Waals surface area (Å²) >= 11 is 0. The van der Waals surface area contributed by atoms with E-state index in [-0.39, 0.29) is 5.91 Å². The Hall–Kier alpha value is -2.14. The molecule has 1 aromatic heterocycles. The fraction of sp³-hybridized carbons (Fsp3) is 0.333. The smallest absolute Gasteiger partial charge is 0.248 e. The molecule has 0 aliphatic rings. The van der Waals surface area contributed by atoms with Crippen LogP contribution in [0.3, 0.4) is 0 Å². The quantitative estimate of drug-likeness (QED) is 0.922. The molecule has 0 bridgehead atoms. The summed E-state index contributed by atoms with van der Waals surface area (Å²) < 4.78 is 1.64. The largest absolute Gasteiger partial charge is 0.316 e. The fourth-order valence-corrected chi connectivity index (χ4v) is 2.17. The number of benzene rings is 1. The molecule has 5 nitrogen and oxygen atoms in total. The maximum Gasteiger partial charge on any atom is 0.248 e. The summed E-state index contributed by atoms with van der Waals surface area (Å²) in [5, 5.41) is 4.06. The molecule has 2 N–H and O–H groups in total. The topological polar surface area (TPSA) is 64.2 Å². The lowest BCUT2D eigenvalue weighted by Gasteiger charge is -2.24. The van der Waals surface area contributed by atoms with Crippen LogP contribution in [0, 0.1) is 6.92 Å². The van der Waals surface area contributed by atoms with Gasteiger partial charge in [-0.15, -0.1) is 0 Å². The molecule has 0 saturated heterocycles. The van der Waals surface area contributed by atoms with Crippen LogP contribution in [0.2, 0.25) is 0 Å².